The van der Waals surface area contributed by atoms with Gasteiger partial charge in [0.2, 0.25) is 0 Å². The zero-order valence-electron chi connectivity index (χ0n) is 13.8. The van der Waals surface area contributed by atoms with Gasteiger partial charge in [-0.2, -0.15) is 0 Å². The average molecular weight is 329 g/mol. The van der Waals surface area contributed by atoms with Gasteiger partial charge in [0.05, 0.1) is 12.2 Å². The second kappa shape index (κ2) is 6.22. The van der Waals surface area contributed by atoms with Crippen LogP contribution in [-0.2, 0) is 11.3 Å². The van der Waals surface area contributed by atoms with Crippen LogP contribution in [0.15, 0.2) is 33.5 Å². The first-order chi connectivity index (χ1) is 11.6. The van der Waals surface area contributed by atoms with Crippen molar-refractivity contribution in [2.75, 3.05) is 19.7 Å². The molecule has 1 aliphatic heterocycles. The van der Waals surface area contributed by atoms with Gasteiger partial charge in [-0.15, -0.1) is 0 Å². The molecule has 1 spiro atoms. The van der Waals surface area contributed by atoms with Crippen LogP contribution in [0.5, 0.6) is 5.75 Å². The minimum absolute atomic E-state index is 0.00399. The molecule has 1 N–H and O–H groups in total. The van der Waals surface area contributed by atoms with Gasteiger partial charge in [0.25, 0.3) is 0 Å². The Bertz CT molecular complexity index is 786. The molecule has 0 radical (unpaired) electrons. The van der Waals surface area contributed by atoms with Gasteiger partial charge < -0.3 is 14.3 Å². The Balaban J connectivity index is 1.60. The second-order valence-corrected chi connectivity index (χ2v) is 7.07. The number of phenolic OH excluding ortho intramolecular Hbond substituents is 1. The van der Waals surface area contributed by atoms with Gasteiger partial charge in [0, 0.05) is 37.2 Å². The third-order valence-electron chi connectivity index (χ3n) is 5.30. The number of rotatable bonds is 2. The summed E-state index contributed by atoms with van der Waals surface area (Å²) < 4.78 is 11.4. The number of aromatic hydroxyl groups is 1. The van der Waals surface area contributed by atoms with Gasteiger partial charge in [0.15, 0.2) is 0 Å². The molecule has 24 heavy (non-hydrogen) atoms. The number of fused-ring (bicyclic) bond motifs is 1. The van der Waals surface area contributed by atoms with E-state index in [0.717, 1.165) is 43.5 Å². The first kappa shape index (κ1) is 15.7. The van der Waals surface area contributed by atoms with Gasteiger partial charge in [-0.25, -0.2) is 4.79 Å². The number of nitrogens with zero attached hydrogens (tertiary/aromatic N) is 1. The van der Waals surface area contributed by atoms with Crippen molar-refractivity contribution in [2.45, 2.75) is 44.2 Å². The monoisotopic (exact) mass is 329 g/mol. The van der Waals surface area contributed by atoms with E-state index in [0.29, 0.717) is 12.1 Å². The minimum atomic E-state index is -0.372. The maximum absolute atomic E-state index is 11.9. The Morgan fingerprint density at radius 3 is 2.83 bits per heavy atom. The molecule has 1 aromatic heterocycles. The van der Waals surface area contributed by atoms with Crippen molar-refractivity contribution in [3.63, 3.8) is 0 Å². The number of benzene rings is 1. The topological polar surface area (TPSA) is 62.9 Å². The predicted octanol–water partition coefficient (Wildman–Crippen LogP) is 3.03. The van der Waals surface area contributed by atoms with Crippen LogP contribution in [0.25, 0.3) is 11.0 Å². The molecule has 1 aromatic carbocycles. The van der Waals surface area contributed by atoms with E-state index in [-0.39, 0.29) is 17.0 Å². The molecular formula is C19H23NO4. The van der Waals surface area contributed by atoms with E-state index in [1.54, 1.807) is 12.1 Å². The lowest BCUT2D eigenvalue weighted by atomic mass is 9.83. The van der Waals surface area contributed by atoms with Crippen LogP contribution in [0.1, 0.15) is 37.7 Å². The van der Waals surface area contributed by atoms with Crippen molar-refractivity contribution >= 4 is 11.0 Å². The molecule has 2 aliphatic rings. The number of hydrogen-bond donors (Lipinski definition) is 1. The smallest absolute Gasteiger partial charge is 0.336 e. The second-order valence-electron chi connectivity index (χ2n) is 7.07. The highest BCUT2D eigenvalue weighted by Crippen LogP contribution is 2.35. The fraction of sp³-hybridized carbons (Fsp3) is 0.526. The molecule has 0 unspecified atom stereocenters. The van der Waals surface area contributed by atoms with Crippen molar-refractivity contribution in [1.29, 1.82) is 0 Å². The summed E-state index contributed by atoms with van der Waals surface area (Å²) in [6.45, 7) is 3.26. The molecule has 128 valence electrons. The van der Waals surface area contributed by atoms with Crippen molar-refractivity contribution in [3.05, 3.63) is 40.2 Å². The SMILES string of the molecule is O=c1cc(CN2CCOC3(CCCCC3)C2)c2ccc(O)cc2o1. The molecule has 1 saturated heterocycles. The largest absolute Gasteiger partial charge is 0.508 e. The van der Waals surface area contributed by atoms with Gasteiger partial charge in [-0.3, -0.25) is 4.90 Å². The molecule has 2 fully saturated rings. The lowest BCUT2D eigenvalue weighted by molar-refractivity contribution is -0.128. The fourth-order valence-electron chi connectivity index (χ4n) is 4.15. The number of morpholine rings is 1. The highest BCUT2D eigenvalue weighted by molar-refractivity contribution is 5.81. The Labute approximate surface area is 140 Å². The molecule has 4 rings (SSSR count). The van der Waals surface area contributed by atoms with E-state index in [2.05, 4.69) is 4.90 Å². The molecule has 5 heteroatoms. The minimum Gasteiger partial charge on any atom is -0.508 e. The number of ether oxygens (including phenoxy) is 1. The molecule has 2 aromatic rings. The molecular weight excluding hydrogens is 306 g/mol. The Morgan fingerprint density at radius 1 is 1.17 bits per heavy atom. The van der Waals surface area contributed by atoms with Crippen LogP contribution in [0, 0.1) is 0 Å². The zero-order valence-corrected chi connectivity index (χ0v) is 13.8. The van der Waals surface area contributed by atoms with E-state index in [4.69, 9.17) is 9.15 Å². The summed E-state index contributed by atoms with van der Waals surface area (Å²) in [5.74, 6) is 0.107. The van der Waals surface area contributed by atoms with Crippen molar-refractivity contribution < 1.29 is 14.3 Å². The summed E-state index contributed by atoms with van der Waals surface area (Å²) in [7, 11) is 0. The van der Waals surface area contributed by atoms with Gasteiger partial charge in [-0.1, -0.05) is 19.3 Å². The summed E-state index contributed by atoms with van der Waals surface area (Å²) in [6.07, 6.45) is 6.05. The van der Waals surface area contributed by atoms with Crippen molar-refractivity contribution in [1.82, 2.24) is 4.90 Å². The maximum Gasteiger partial charge on any atom is 0.336 e. The quantitative estimate of drug-likeness (QED) is 0.858. The van der Waals surface area contributed by atoms with E-state index < -0.39 is 0 Å². The highest BCUT2D eigenvalue weighted by atomic mass is 16.5. The number of hydrogen-bond acceptors (Lipinski definition) is 5. The first-order valence-electron chi connectivity index (χ1n) is 8.76. The fourth-order valence-corrected chi connectivity index (χ4v) is 4.15. The first-order valence-corrected chi connectivity index (χ1v) is 8.76. The van der Waals surface area contributed by atoms with Crippen molar-refractivity contribution in [2.24, 2.45) is 0 Å². The summed E-state index contributed by atoms with van der Waals surface area (Å²) in [4.78, 5) is 14.2. The Hall–Kier alpha value is -1.85. The molecule has 0 bridgehead atoms. The lowest BCUT2D eigenvalue weighted by Gasteiger charge is -2.45. The van der Waals surface area contributed by atoms with Gasteiger partial charge >= 0.3 is 5.63 Å². The normalized spacial score (nSPS) is 21.3. The van der Waals surface area contributed by atoms with Gasteiger partial charge in [-0.05, 0) is 30.5 Å². The van der Waals surface area contributed by atoms with Crippen LogP contribution in [0.4, 0.5) is 0 Å². The average Bonchev–Trinajstić information content (AvgIpc) is 2.55. The summed E-state index contributed by atoms with van der Waals surface area (Å²) in [5, 5.41) is 10.5. The highest BCUT2D eigenvalue weighted by Gasteiger charge is 2.37. The Morgan fingerprint density at radius 2 is 2.00 bits per heavy atom. The molecule has 5 nitrogen and oxygen atoms in total. The summed E-state index contributed by atoms with van der Waals surface area (Å²) in [5.41, 5.74) is 1.03. The standard InChI is InChI=1S/C19H23NO4/c21-15-4-5-16-14(10-18(22)24-17(16)11-15)12-20-8-9-23-19(13-20)6-2-1-3-7-19/h4-5,10-11,21H,1-3,6-9,12-13H2. The van der Waals surface area contributed by atoms with Crippen LogP contribution < -0.4 is 5.63 Å². The van der Waals surface area contributed by atoms with E-state index >= 15 is 0 Å². The van der Waals surface area contributed by atoms with Crippen LogP contribution in [0.3, 0.4) is 0 Å². The van der Waals surface area contributed by atoms with Crippen LogP contribution in [-0.4, -0.2) is 35.3 Å². The van der Waals surface area contributed by atoms with E-state index in [1.807, 2.05) is 6.07 Å². The maximum atomic E-state index is 11.9. The molecule has 1 aliphatic carbocycles. The van der Waals surface area contributed by atoms with Gasteiger partial charge in [0.1, 0.15) is 11.3 Å². The van der Waals surface area contributed by atoms with Crippen LogP contribution in [0.2, 0.25) is 0 Å². The third kappa shape index (κ3) is 3.06. The number of phenols is 1. The third-order valence-corrected chi connectivity index (χ3v) is 5.30. The summed E-state index contributed by atoms with van der Waals surface area (Å²) in [6, 6.07) is 6.53. The zero-order chi connectivity index (χ0) is 16.6. The van der Waals surface area contributed by atoms with E-state index in [9.17, 15) is 9.90 Å². The van der Waals surface area contributed by atoms with Crippen LogP contribution >= 0.6 is 0 Å². The molecule has 1 saturated carbocycles. The molecule has 0 atom stereocenters. The summed E-state index contributed by atoms with van der Waals surface area (Å²) >= 11 is 0. The molecule has 0 amide bonds. The van der Waals surface area contributed by atoms with E-state index in [1.165, 1.54) is 25.3 Å². The molecule has 2 heterocycles. The Kier molecular flexibility index (Phi) is 4.06. The lowest BCUT2D eigenvalue weighted by Crippen LogP contribution is -2.52. The predicted molar refractivity (Wildman–Crippen MR) is 91.2 cm³/mol. The van der Waals surface area contributed by atoms with Crippen molar-refractivity contribution in [3.8, 4) is 5.75 Å².